The van der Waals surface area contributed by atoms with Gasteiger partial charge in [0.1, 0.15) is 0 Å². The summed E-state index contributed by atoms with van der Waals surface area (Å²) in [7, 11) is 1.82. The second-order valence-electron chi connectivity index (χ2n) is 5.31. The molecular formula is C14H28N6. The molecule has 1 atom stereocenters. The van der Waals surface area contributed by atoms with Gasteiger partial charge in [-0.05, 0) is 25.7 Å². The Kier molecular flexibility index (Phi) is 6.48. The smallest absolute Gasteiger partial charge is 0.231 e. The lowest BCUT2D eigenvalue weighted by molar-refractivity contribution is 0.439. The van der Waals surface area contributed by atoms with Crippen LogP contribution in [0.4, 0.5) is 17.8 Å². The molecule has 0 fully saturated rings. The van der Waals surface area contributed by atoms with Gasteiger partial charge in [-0.25, -0.2) is 0 Å². The SMILES string of the molecule is CCN(CC)c1nc(NC)nc(NCC(C)C(C)C)n1. The van der Waals surface area contributed by atoms with Crippen LogP contribution < -0.4 is 15.5 Å². The highest BCUT2D eigenvalue weighted by molar-refractivity contribution is 5.43. The molecule has 0 bridgehead atoms. The van der Waals surface area contributed by atoms with E-state index in [9.17, 15) is 0 Å². The molecule has 1 heterocycles. The average Bonchev–Trinajstić information content (AvgIpc) is 2.45. The third-order valence-electron chi connectivity index (χ3n) is 3.61. The minimum absolute atomic E-state index is 0.571. The second-order valence-corrected chi connectivity index (χ2v) is 5.31. The summed E-state index contributed by atoms with van der Waals surface area (Å²) in [6.45, 7) is 13.5. The molecule has 20 heavy (non-hydrogen) atoms. The van der Waals surface area contributed by atoms with Crippen LogP contribution >= 0.6 is 0 Å². The topological polar surface area (TPSA) is 66.0 Å². The highest BCUT2D eigenvalue weighted by atomic mass is 15.3. The lowest BCUT2D eigenvalue weighted by Gasteiger charge is -2.20. The summed E-state index contributed by atoms with van der Waals surface area (Å²) < 4.78 is 0. The predicted octanol–water partition coefficient (Wildman–Crippen LogP) is 2.46. The fraction of sp³-hybridized carbons (Fsp3) is 0.786. The molecule has 6 heteroatoms. The van der Waals surface area contributed by atoms with Crippen LogP contribution in [0.15, 0.2) is 0 Å². The molecule has 0 aromatic carbocycles. The van der Waals surface area contributed by atoms with Crippen LogP contribution in [0.25, 0.3) is 0 Å². The number of nitrogens with one attached hydrogen (secondary N) is 2. The Morgan fingerprint density at radius 2 is 1.60 bits per heavy atom. The van der Waals surface area contributed by atoms with Gasteiger partial charge in [0.2, 0.25) is 17.8 Å². The molecule has 1 aromatic heterocycles. The van der Waals surface area contributed by atoms with Crippen molar-refractivity contribution in [3.8, 4) is 0 Å². The van der Waals surface area contributed by atoms with Gasteiger partial charge >= 0.3 is 0 Å². The van der Waals surface area contributed by atoms with Gasteiger partial charge in [-0.3, -0.25) is 0 Å². The lowest BCUT2D eigenvalue weighted by atomic mass is 9.98. The van der Waals surface area contributed by atoms with E-state index in [4.69, 9.17) is 0 Å². The quantitative estimate of drug-likeness (QED) is 0.762. The zero-order valence-corrected chi connectivity index (χ0v) is 13.6. The van der Waals surface area contributed by atoms with Crippen LogP contribution in [-0.4, -0.2) is 41.6 Å². The maximum absolute atomic E-state index is 4.51. The number of hydrogen-bond acceptors (Lipinski definition) is 6. The van der Waals surface area contributed by atoms with Crippen molar-refractivity contribution in [2.75, 3.05) is 42.2 Å². The van der Waals surface area contributed by atoms with Crippen molar-refractivity contribution in [3.05, 3.63) is 0 Å². The highest BCUT2D eigenvalue weighted by Gasteiger charge is 2.12. The molecule has 0 saturated carbocycles. The molecule has 2 N–H and O–H groups in total. The lowest BCUT2D eigenvalue weighted by Crippen LogP contribution is -2.26. The van der Waals surface area contributed by atoms with E-state index < -0.39 is 0 Å². The number of anilines is 3. The highest BCUT2D eigenvalue weighted by Crippen LogP contribution is 2.15. The molecule has 0 spiro atoms. The summed E-state index contributed by atoms with van der Waals surface area (Å²) in [5, 5.41) is 6.31. The van der Waals surface area contributed by atoms with Gasteiger partial charge < -0.3 is 15.5 Å². The fourth-order valence-corrected chi connectivity index (χ4v) is 1.69. The summed E-state index contributed by atoms with van der Waals surface area (Å²) in [6, 6.07) is 0. The summed E-state index contributed by atoms with van der Waals surface area (Å²) >= 11 is 0. The molecule has 0 aliphatic rings. The van der Waals surface area contributed by atoms with Crippen LogP contribution in [-0.2, 0) is 0 Å². The van der Waals surface area contributed by atoms with Crippen molar-refractivity contribution >= 4 is 17.8 Å². The molecule has 0 saturated heterocycles. The zero-order valence-electron chi connectivity index (χ0n) is 13.6. The minimum Gasteiger partial charge on any atom is -0.357 e. The maximum atomic E-state index is 4.51. The van der Waals surface area contributed by atoms with E-state index in [0.29, 0.717) is 29.7 Å². The van der Waals surface area contributed by atoms with Gasteiger partial charge in [-0.15, -0.1) is 0 Å². The van der Waals surface area contributed by atoms with Crippen molar-refractivity contribution in [2.24, 2.45) is 11.8 Å². The van der Waals surface area contributed by atoms with Crippen molar-refractivity contribution in [3.63, 3.8) is 0 Å². The minimum atomic E-state index is 0.571. The van der Waals surface area contributed by atoms with Gasteiger partial charge in [0, 0.05) is 26.7 Å². The van der Waals surface area contributed by atoms with E-state index in [1.165, 1.54) is 0 Å². The zero-order chi connectivity index (χ0) is 15.1. The molecule has 1 aromatic rings. The first kappa shape index (κ1) is 16.5. The van der Waals surface area contributed by atoms with Crippen LogP contribution in [0, 0.1) is 11.8 Å². The van der Waals surface area contributed by atoms with Gasteiger partial charge in [0.25, 0.3) is 0 Å². The van der Waals surface area contributed by atoms with E-state index in [1.807, 2.05) is 7.05 Å². The van der Waals surface area contributed by atoms with Crippen LogP contribution in [0.2, 0.25) is 0 Å². The fourth-order valence-electron chi connectivity index (χ4n) is 1.69. The first-order valence-corrected chi connectivity index (χ1v) is 7.44. The largest absolute Gasteiger partial charge is 0.357 e. The van der Waals surface area contributed by atoms with Crippen LogP contribution in [0.3, 0.4) is 0 Å². The summed E-state index contributed by atoms with van der Waals surface area (Å²) in [6.07, 6.45) is 0. The van der Waals surface area contributed by atoms with Gasteiger partial charge in [0.05, 0.1) is 0 Å². The molecule has 0 aliphatic carbocycles. The number of nitrogens with zero attached hydrogens (tertiary/aromatic N) is 4. The monoisotopic (exact) mass is 280 g/mol. The van der Waals surface area contributed by atoms with E-state index >= 15 is 0 Å². The standard InChI is InChI=1S/C14H28N6/c1-7-20(8-2)14-18-12(15-6)17-13(19-14)16-9-11(5)10(3)4/h10-11H,7-9H2,1-6H3,(H2,15,16,17,18,19). The van der Waals surface area contributed by atoms with Crippen molar-refractivity contribution < 1.29 is 0 Å². The Morgan fingerprint density at radius 3 is 2.10 bits per heavy atom. The molecule has 0 aliphatic heterocycles. The van der Waals surface area contributed by atoms with Gasteiger partial charge in [0.15, 0.2) is 0 Å². The van der Waals surface area contributed by atoms with Crippen LogP contribution in [0.5, 0.6) is 0 Å². The summed E-state index contributed by atoms with van der Waals surface area (Å²) in [5.74, 6) is 3.16. The predicted molar refractivity (Wildman–Crippen MR) is 85.4 cm³/mol. The van der Waals surface area contributed by atoms with E-state index in [-0.39, 0.29) is 0 Å². The normalized spacial score (nSPS) is 12.3. The molecular weight excluding hydrogens is 252 g/mol. The number of rotatable bonds is 8. The molecule has 1 unspecified atom stereocenters. The second kappa shape index (κ2) is 7.87. The molecule has 114 valence electrons. The van der Waals surface area contributed by atoms with Gasteiger partial charge in [-0.1, -0.05) is 20.8 Å². The van der Waals surface area contributed by atoms with E-state index in [0.717, 1.165) is 19.6 Å². The van der Waals surface area contributed by atoms with E-state index in [2.05, 4.69) is 65.1 Å². The van der Waals surface area contributed by atoms with Crippen molar-refractivity contribution in [2.45, 2.75) is 34.6 Å². The Morgan fingerprint density at radius 1 is 1.00 bits per heavy atom. The first-order chi connectivity index (χ1) is 9.51. The number of hydrogen-bond donors (Lipinski definition) is 2. The van der Waals surface area contributed by atoms with Crippen molar-refractivity contribution in [1.29, 1.82) is 0 Å². The Balaban J connectivity index is 2.87. The van der Waals surface area contributed by atoms with Crippen LogP contribution in [0.1, 0.15) is 34.6 Å². The summed E-state index contributed by atoms with van der Waals surface area (Å²) in [4.78, 5) is 15.4. The third-order valence-corrected chi connectivity index (χ3v) is 3.61. The Bertz CT molecular complexity index is 403. The number of aromatic nitrogens is 3. The van der Waals surface area contributed by atoms with Crippen molar-refractivity contribution in [1.82, 2.24) is 15.0 Å². The first-order valence-electron chi connectivity index (χ1n) is 7.44. The molecule has 0 radical (unpaired) electrons. The molecule has 1 rings (SSSR count). The summed E-state index contributed by atoms with van der Waals surface area (Å²) in [5.41, 5.74) is 0. The third kappa shape index (κ3) is 4.51. The Labute approximate surface area is 122 Å². The molecule has 0 amide bonds. The molecule has 6 nitrogen and oxygen atoms in total. The van der Waals surface area contributed by atoms with Gasteiger partial charge in [-0.2, -0.15) is 15.0 Å². The maximum Gasteiger partial charge on any atom is 0.231 e. The Hall–Kier alpha value is -1.59. The van der Waals surface area contributed by atoms with E-state index in [1.54, 1.807) is 0 Å². The average molecular weight is 280 g/mol.